The highest BCUT2D eigenvalue weighted by Gasteiger charge is 2.12. The van der Waals surface area contributed by atoms with Crippen molar-refractivity contribution in [3.8, 4) is 11.8 Å². The summed E-state index contributed by atoms with van der Waals surface area (Å²) < 4.78 is 7.70. The van der Waals surface area contributed by atoms with Crippen LogP contribution in [0.2, 0.25) is 0 Å². The average molecular weight is 437 g/mol. The van der Waals surface area contributed by atoms with Gasteiger partial charge in [-0.1, -0.05) is 18.2 Å². The van der Waals surface area contributed by atoms with Crippen LogP contribution in [0.25, 0.3) is 11.0 Å². The quantitative estimate of drug-likeness (QED) is 0.501. The van der Waals surface area contributed by atoms with Gasteiger partial charge in [0.2, 0.25) is 0 Å². The highest BCUT2D eigenvalue weighted by atomic mass is 79.9. The van der Waals surface area contributed by atoms with Crippen molar-refractivity contribution in [3.05, 3.63) is 70.7 Å². The van der Waals surface area contributed by atoms with Crippen LogP contribution in [0.15, 0.2) is 59.6 Å². The molecule has 0 aliphatic heterocycles. The Balaban J connectivity index is 1.44. The second kappa shape index (κ2) is 7.54. The molecule has 0 aliphatic rings. The first-order valence-electron chi connectivity index (χ1n) is 8.24. The number of hydrogen-bond acceptors (Lipinski definition) is 5. The molecule has 0 saturated carbocycles. The van der Waals surface area contributed by atoms with Crippen LogP contribution in [0, 0.1) is 11.3 Å². The van der Waals surface area contributed by atoms with Crippen LogP contribution in [-0.2, 0) is 6.54 Å². The smallest absolute Gasteiger partial charge is 0.407 e. The number of benzene rings is 1. The number of H-pyrrole nitrogens is 1. The Morgan fingerprint density at radius 2 is 2.21 bits per heavy atom. The molecule has 0 spiro atoms. The van der Waals surface area contributed by atoms with Gasteiger partial charge < -0.3 is 9.72 Å². The molecule has 0 aliphatic carbocycles. The van der Waals surface area contributed by atoms with Crippen molar-refractivity contribution >= 4 is 38.7 Å². The molecule has 1 aromatic carbocycles. The number of aromatic amines is 1. The molecular formula is C19H13BrN6O2. The molecule has 0 fully saturated rings. The molecule has 0 saturated heterocycles. The maximum absolute atomic E-state index is 12.2. The van der Waals surface area contributed by atoms with Gasteiger partial charge in [-0.25, -0.2) is 9.78 Å². The molecule has 0 unspecified atom stereocenters. The Labute approximate surface area is 167 Å². The van der Waals surface area contributed by atoms with Gasteiger partial charge in [0.1, 0.15) is 5.65 Å². The van der Waals surface area contributed by atoms with E-state index in [4.69, 9.17) is 10.00 Å². The van der Waals surface area contributed by atoms with Crippen LogP contribution in [0.1, 0.15) is 11.1 Å². The molecule has 2 N–H and O–H groups in total. The summed E-state index contributed by atoms with van der Waals surface area (Å²) in [6, 6.07) is 11.3. The maximum Gasteiger partial charge on any atom is 0.417 e. The van der Waals surface area contributed by atoms with Crippen molar-refractivity contribution in [2.75, 3.05) is 5.32 Å². The Morgan fingerprint density at radius 1 is 1.36 bits per heavy atom. The van der Waals surface area contributed by atoms with Crippen LogP contribution in [0.4, 0.5) is 10.5 Å². The molecule has 0 radical (unpaired) electrons. The van der Waals surface area contributed by atoms with E-state index in [2.05, 4.69) is 42.4 Å². The van der Waals surface area contributed by atoms with Gasteiger partial charge in [-0.15, -0.1) is 0 Å². The Kier molecular flexibility index (Phi) is 4.78. The lowest BCUT2D eigenvalue weighted by Crippen LogP contribution is -2.16. The average Bonchev–Trinajstić information content (AvgIpc) is 3.29. The van der Waals surface area contributed by atoms with Crippen molar-refractivity contribution < 1.29 is 9.53 Å². The van der Waals surface area contributed by atoms with E-state index in [1.54, 1.807) is 29.3 Å². The Hall–Kier alpha value is -3.64. The molecule has 0 atom stereocenters. The molecule has 1 amide bonds. The summed E-state index contributed by atoms with van der Waals surface area (Å²) in [6.45, 7) is 0.400. The largest absolute Gasteiger partial charge is 0.417 e. The first-order chi connectivity index (χ1) is 13.6. The molecule has 9 heteroatoms. The third-order valence-corrected chi connectivity index (χ3v) is 4.46. The van der Waals surface area contributed by atoms with Gasteiger partial charge in [-0.2, -0.15) is 10.4 Å². The zero-order valence-corrected chi connectivity index (χ0v) is 16.0. The number of nitrogens with one attached hydrogen (secondary N) is 2. The number of hydrogen-bond donors (Lipinski definition) is 2. The fraction of sp³-hybridized carbons (Fsp3) is 0.0526. The number of carbonyl (C=O) groups excluding carboxylic acids is 1. The Morgan fingerprint density at radius 3 is 3.07 bits per heavy atom. The third-order valence-electron chi connectivity index (χ3n) is 4.02. The second-order valence-corrected chi connectivity index (χ2v) is 6.82. The van der Waals surface area contributed by atoms with Gasteiger partial charge in [-0.3, -0.25) is 10.00 Å². The number of halogens is 1. The summed E-state index contributed by atoms with van der Waals surface area (Å²) in [4.78, 5) is 19.4. The van der Waals surface area contributed by atoms with Crippen LogP contribution in [0.3, 0.4) is 0 Å². The van der Waals surface area contributed by atoms with Gasteiger partial charge in [0.05, 0.1) is 36.3 Å². The minimum absolute atomic E-state index is 0.297. The monoisotopic (exact) mass is 436 g/mol. The number of pyridine rings is 1. The van der Waals surface area contributed by atoms with E-state index in [0.29, 0.717) is 29.2 Å². The van der Waals surface area contributed by atoms with Crippen molar-refractivity contribution in [3.63, 3.8) is 0 Å². The van der Waals surface area contributed by atoms with Gasteiger partial charge in [0, 0.05) is 22.3 Å². The van der Waals surface area contributed by atoms with E-state index < -0.39 is 6.09 Å². The number of anilines is 1. The summed E-state index contributed by atoms with van der Waals surface area (Å²) in [5, 5.41) is 16.8. The van der Waals surface area contributed by atoms with Gasteiger partial charge in [0.15, 0.2) is 5.75 Å². The number of ether oxygens (including phenoxy) is 1. The Bertz CT molecular complexity index is 1210. The summed E-state index contributed by atoms with van der Waals surface area (Å²) in [7, 11) is 0. The summed E-state index contributed by atoms with van der Waals surface area (Å²) in [5.41, 5.74) is 2.63. The predicted octanol–water partition coefficient (Wildman–Crippen LogP) is 4.05. The number of nitriles is 1. The minimum Gasteiger partial charge on any atom is -0.407 e. The van der Waals surface area contributed by atoms with Crippen LogP contribution in [-0.4, -0.2) is 25.8 Å². The fourth-order valence-corrected chi connectivity index (χ4v) is 3.08. The van der Waals surface area contributed by atoms with E-state index in [9.17, 15) is 4.79 Å². The number of rotatable bonds is 4. The normalized spacial score (nSPS) is 10.6. The second-order valence-electron chi connectivity index (χ2n) is 5.91. The fourth-order valence-electron chi connectivity index (χ4n) is 2.75. The number of amides is 1. The van der Waals surface area contributed by atoms with E-state index in [-0.39, 0.29) is 0 Å². The first kappa shape index (κ1) is 17.8. The van der Waals surface area contributed by atoms with Crippen LogP contribution in [0.5, 0.6) is 5.75 Å². The maximum atomic E-state index is 12.2. The van der Waals surface area contributed by atoms with Crippen LogP contribution < -0.4 is 10.1 Å². The molecule has 28 heavy (non-hydrogen) atoms. The zero-order valence-electron chi connectivity index (χ0n) is 14.4. The van der Waals surface area contributed by atoms with E-state index in [1.807, 2.05) is 24.3 Å². The van der Waals surface area contributed by atoms with Crippen molar-refractivity contribution in [2.45, 2.75) is 6.54 Å². The lowest BCUT2D eigenvalue weighted by Gasteiger charge is -2.04. The molecule has 4 aromatic rings. The van der Waals surface area contributed by atoms with E-state index in [0.717, 1.165) is 15.4 Å². The topological polar surface area (TPSA) is 109 Å². The SMILES string of the molecule is N#Cc1ccccc1Cn1cc(OC(=O)Nc2c[nH]c3ncc(Br)cc23)cn1. The van der Waals surface area contributed by atoms with Gasteiger partial charge in [0.25, 0.3) is 0 Å². The molecule has 4 rings (SSSR count). The van der Waals surface area contributed by atoms with Crippen LogP contribution >= 0.6 is 15.9 Å². The number of aromatic nitrogens is 4. The molecular weight excluding hydrogens is 424 g/mol. The number of nitrogens with zero attached hydrogens (tertiary/aromatic N) is 4. The van der Waals surface area contributed by atoms with Gasteiger partial charge >= 0.3 is 6.09 Å². The standard InChI is InChI=1S/C19H13BrN6O2/c20-14-5-16-17(9-23-18(16)22-7-14)25-19(27)28-15-8-24-26(11-15)10-13-4-2-1-3-12(13)6-21/h1-5,7-9,11H,10H2,(H,22,23)(H,25,27). The molecule has 8 nitrogen and oxygen atoms in total. The number of fused-ring (bicyclic) bond motifs is 1. The third kappa shape index (κ3) is 3.72. The highest BCUT2D eigenvalue weighted by molar-refractivity contribution is 9.10. The molecule has 0 bridgehead atoms. The summed E-state index contributed by atoms with van der Waals surface area (Å²) in [5.74, 6) is 0.297. The van der Waals surface area contributed by atoms with E-state index >= 15 is 0 Å². The lowest BCUT2D eigenvalue weighted by atomic mass is 10.1. The van der Waals surface area contributed by atoms with E-state index in [1.165, 1.54) is 6.20 Å². The molecule has 138 valence electrons. The summed E-state index contributed by atoms with van der Waals surface area (Å²) >= 11 is 3.36. The van der Waals surface area contributed by atoms with Crippen molar-refractivity contribution in [1.29, 1.82) is 5.26 Å². The lowest BCUT2D eigenvalue weighted by molar-refractivity contribution is 0.215. The molecule has 3 aromatic heterocycles. The van der Waals surface area contributed by atoms with Crippen molar-refractivity contribution in [2.24, 2.45) is 0 Å². The highest BCUT2D eigenvalue weighted by Crippen LogP contribution is 2.25. The number of carbonyl (C=O) groups is 1. The molecule has 3 heterocycles. The summed E-state index contributed by atoms with van der Waals surface area (Å²) in [6.07, 6.45) is 5.72. The van der Waals surface area contributed by atoms with Gasteiger partial charge in [-0.05, 0) is 33.6 Å². The van der Waals surface area contributed by atoms with Crippen molar-refractivity contribution in [1.82, 2.24) is 19.7 Å². The zero-order chi connectivity index (χ0) is 19.5. The predicted molar refractivity (Wildman–Crippen MR) is 106 cm³/mol. The minimum atomic E-state index is -0.641. The first-order valence-corrected chi connectivity index (χ1v) is 9.03.